The quantitative estimate of drug-likeness (QED) is 0.364. The van der Waals surface area contributed by atoms with Crippen molar-refractivity contribution in [3.05, 3.63) is 94.0 Å². The normalized spacial score (nSPS) is 22.0. The summed E-state index contributed by atoms with van der Waals surface area (Å²) in [5, 5.41) is 3.61. The van der Waals surface area contributed by atoms with Crippen LogP contribution in [0.5, 0.6) is 0 Å². The largest absolute Gasteiger partial charge is 0.352 e. The zero-order valence-electron chi connectivity index (χ0n) is 22.1. The van der Waals surface area contributed by atoms with E-state index in [1.165, 1.54) is 28.1 Å². The van der Waals surface area contributed by atoms with Gasteiger partial charge in [-0.05, 0) is 81.1 Å². The van der Waals surface area contributed by atoms with Crippen LogP contribution in [0.1, 0.15) is 42.9 Å². The lowest BCUT2D eigenvalue weighted by molar-refractivity contribution is -0.123. The topological polar surface area (TPSA) is 69.7 Å². The van der Waals surface area contributed by atoms with Crippen LogP contribution < -0.4 is 9.62 Å². The van der Waals surface area contributed by atoms with Gasteiger partial charge >= 0.3 is 0 Å². The number of carbonyl (C=O) groups is 1. The summed E-state index contributed by atoms with van der Waals surface area (Å²) >= 11 is 12.2. The monoisotopic (exact) mass is 585 g/mol. The van der Waals surface area contributed by atoms with Gasteiger partial charge in [0, 0.05) is 18.5 Å². The van der Waals surface area contributed by atoms with Crippen molar-refractivity contribution < 1.29 is 13.2 Å². The maximum atomic E-state index is 13.8. The molecule has 9 heteroatoms. The zero-order chi connectivity index (χ0) is 27.7. The van der Waals surface area contributed by atoms with Crippen LogP contribution in [0.4, 0.5) is 5.69 Å². The number of halogens is 2. The van der Waals surface area contributed by atoms with Gasteiger partial charge < -0.3 is 10.2 Å². The minimum atomic E-state index is -4.06. The molecule has 2 aliphatic rings. The van der Waals surface area contributed by atoms with Crippen LogP contribution in [0, 0.1) is 5.92 Å². The summed E-state index contributed by atoms with van der Waals surface area (Å²) in [6.07, 6.45) is 3.99. The molecule has 0 aromatic heterocycles. The number of nitrogens with zero attached hydrogens (tertiary/aromatic N) is 2. The molecule has 0 spiro atoms. The summed E-state index contributed by atoms with van der Waals surface area (Å²) in [4.78, 5) is 15.9. The van der Waals surface area contributed by atoms with Gasteiger partial charge in [0.05, 0.1) is 20.6 Å². The third kappa shape index (κ3) is 5.68. The number of amides is 1. The Morgan fingerprint density at radius 1 is 0.923 bits per heavy atom. The lowest BCUT2D eigenvalue weighted by Crippen LogP contribution is -2.51. The van der Waals surface area contributed by atoms with E-state index in [-0.39, 0.29) is 26.9 Å². The maximum Gasteiger partial charge on any atom is 0.265 e. The Bertz CT molecular complexity index is 1440. The molecule has 1 heterocycles. The Labute approximate surface area is 241 Å². The number of hydrogen-bond acceptors (Lipinski definition) is 4. The van der Waals surface area contributed by atoms with Crippen LogP contribution in [-0.2, 0) is 21.2 Å². The average molecular weight is 587 g/mol. The maximum absolute atomic E-state index is 13.8. The molecule has 39 heavy (non-hydrogen) atoms. The second-order valence-electron chi connectivity index (χ2n) is 10.7. The molecule has 206 valence electrons. The molecular weight excluding hydrogens is 553 g/mol. The van der Waals surface area contributed by atoms with Gasteiger partial charge in [-0.25, -0.2) is 8.42 Å². The van der Waals surface area contributed by atoms with Gasteiger partial charge in [0.15, 0.2) is 0 Å². The Morgan fingerprint density at radius 2 is 1.59 bits per heavy atom. The molecule has 3 aromatic rings. The number of anilines is 1. The lowest BCUT2D eigenvalue weighted by Gasteiger charge is -2.38. The van der Waals surface area contributed by atoms with Gasteiger partial charge in [-0.2, -0.15) is 0 Å². The van der Waals surface area contributed by atoms with E-state index in [1.54, 1.807) is 12.1 Å². The highest BCUT2D eigenvalue weighted by Gasteiger charge is 2.43. The Morgan fingerprint density at radius 3 is 2.26 bits per heavy atom. The molecule has 1 fully saturated rings. The van der Waals surface area contributed by atoms with Crippen LogP contribution in [0.2, 0.25) is 10.0 Å². The van der Waals surface area contributed by atoms with Crippen LogP contribution in [0.25, 0.3) is 0 Å². The number of nitrogens with one attached hydrogen (secondary N) is 1. The van der Waals surface area contributed by atoms with Crippen molar-refractivity contribution >= 4 is 44.8 Å². The summed E-state index contributed by atoms with van der Waals surface area (Å²) < 4.78 is 28.9. The molecule has 2 unspecified atom stereocenters. The van der Waals surface area contributed by atoms with E-state index in [0.29, 0.717) is 24.1 Å². The summed E-state index contributed by atoms with van der Waals surface area (Å²) in [5.41, 5.74) is 2.65. The molecule has 0 saturated heterocycles. The van der Waals surface area contributed by atoms with E-state index >= 15 is 0 Å². The minimum absolute atomic E-state index is 0.00236. The first-order chi connectivity index (χ1) is 18.7. The molecule has 1 aliphatic carbocycles. The van der Waals surface area contributed by atoms with Crippen molar-refractivity contribution in [2.45, 2.75) is 55.1 Å². The number of carbonyl (C=O) groups excluding carboxylic acids is 1. The van der Waals surface area contributed by atoms with Crippen molar-refractivity contribution in [1.82, 2.24) is 10.2 Å². The first-order valence-electron chi connectivity index (χ1n) is 13.3. The summed E-state index contributed by atoms with van der Waals surface area (Å²) in [7, 11) is 0.172. The van der Waals surface area contributed by atoms with Gasteiger partial charge in [-0.3, -0.25) is 9.10 Å². The molecule has 0 radical (unpaired) electrons. The van der Waals surface area contributed by atoms with E-state index in [1.807, 2.05) is 18.2 Å². The molecule has 1 aliphatic heterocycles. The first-order valence-corrected chi connectivity index (χ1v) is 15.5. The van der Waals surface area contributed by atoms with Gasteiger partial charge in [0.1, 0.15) is 6.04 Å². The minimum Gasteiger partial charge on any atom is -0.352 e. The highest BCUT2D eigenvalue weighted by Crippen LogP contribution is 2.40. The third-order valence-corrected chi connectivity index (χ3v) is 10.5. The molecule has 1 saturated carbocycles. The third-order valence-electron chi connectivity index (χ3n) is 7.94. The van der Waals surface area contributed by atoms with Crippen molar-refractivity contribution in [3.63, 3.8) is 0 Å². The molecule has 6 nitrogen and oxygen atoms in total. The molecule has 1 amide bonds. The SMILES string of the molecule is CN(C)C(c1ccccc1)C1CCC(NC(=O)C2Cc3ccccc3N2S(=O)(=O)c2ccc(Cl)c(Cl)c2)CC1. The Kier molecular flexibility index (Phi) is 8.24. The van der Waals surface area contributed by atoms with Crippen molar-refractivity contribution in [3.8, 4) is 0 Å². The van der Waals surface area contributed by atoms with E-state index in [4.69, 9.17) is 23.2 Å². The molecule has 3 aromatic carbocycles. The second kappa shape index (κ2) is 11.5. The summed E-state index contributed by atoms with van der Waals surface area (Å²) in [6.45, 7) is 0. The molecule has 1 N–H and O–H groups in total. The molecular formula is C30H33Cl2N3O3S. The Hall–Kier alpha value is -2.58. The van der Waals surface area contributed by atoms with E-state index in [9.17, 15) is 13.2 Å². The number of fused-ring (bicyclic) bond motifs is 1. The number of para-hydroxylation sites is 1. The van der Waals surface area contributed by atoms with Gasteiger partial charge in [-0.1, -0.05) is 71.7 Å². The highest BCUT2D eigenvalue weighted by molar-refractivity contribution is 7.93. The van der Waals surface area contributed by atoms with Crippen molar-refractivity contribution in [1.29, 1.82) is 0 Å². The second-order valence-corrected chi connectivity index (χ2v) is 13.3. The standard InChI is InChI=1S/C30H33Cl2N3O3S/c1-34(2)29(20-8-4-3-5-9-20)21-12-14-23(15-13-21)33-30(36)28-18-22-10-6-7-11-27(22)35(28)39(37,38)24-16-17-25(31)26(32)19-24/h3-11,16-17,19,21,23,28-29H,12-15,18H2,1-2H3,(H,33,36). The van der Waals surface area contributed by atoms with E-state index in [2.05, 4.69) is 48.6 Å². The van der Waals surface area contributed by atoms with Crippen LogP contribution in [0.15, 0.2) is 77.7 Å². The van der Waals surface area contributed by atoms with Crippen LogP contribution >= 0.6 is 23.2 Å². The predicted molar refractivity (Wildman–Crippen MR) is 157 cm³/mol. The van der Waals surface area contributed by atoms with Gasteiger partial charge in [0.2, 0.25) is 5.91 Å². The fourth-order valence-corrected chi connectivity index (χ4v) is 8.16. The smallest absolute Gasteiger partial charge is 0.265 e. The van der Waals surface area contributed by atoms with Gasteiger partial charge in [0.25, 0.3) is 10.0 Å². The number of sulfonamides is 1. The lowest BCUT2D eigenvalue weighted by atomic mass is 9.78. The fraction of sp³-hybridized carbons (Fsp3) is 0.367. The van der Waals surface area contributed by atoms with Crippen molar-refractivity contribution in [2.24, 2.45) is 5.92 Å². The number of rotatable bonds is 7. The molecule has 2 atom stereocenters. The molecule has 5 rings (SSSR count). The zero-order valence-corrected chi connectivity index (χ0v) is 24.4. The fourth-order valence-electron chi connectivity index (χ4n) is 6.12. The predicted octanol–water partition coefficient (Wildman–Crippen LogP) is 6.09. The van der Waals surface area contributed by atoms with Crippen molar-refractivity contribution in [2.75, 3.05) is 18.4 Å². The highest BCUT2D eigenvalue weighted by atomic mass is 35.5. The van der Waals surface area contributed by atoms with Crippen LogP contribution in [-0.4, -0.2) is 45.4 Å². The summed E-state index contributed by atoms with van der Waals surface area (Å²) in [5.74, 6) is 0.211. The van der Waals surface area contributed by atoms with Crippen LogP contribution in [0.3, 0.4) is 0 Å². The number of benzene rings is 3. The van der Waals surface area contributed by atoms with E-state index < -0.39 is 16.1 Å². The van der Waals surface area contributed by atoms with E-state index in [0.717, 1.165) is 31.2 Å². The summed E-state index contributed by atoms with van der Waals surface area (Å²) in [6, 6.07) is 21.5. The van der Waals surface area contributed by atoms with Gasteiger partial charge in [-0.15, -0.1) is 0 Å². The Balaban J connectivity index is 1.32. The first kappa shape index (κ1) is 28.0. The molecule has 0 bridgehead atoms. The number of hydrogen-bond donors (Lipinski definition) is 1. The average Bonchev–Trinajstić information content (AvgIpc) is 3.32.